The first-order valence-corrected chi connectivity index (χ1v) is 17.5. The van der Waals surface area contributed by atoms with Crippen LogP contribution in [0.1, 0.15) is 65.0 Å². The highest BCUT2D eigenvalue weighted by Gasteiger charge is 2.36. The van der Waals surface area contributed by atoms with Crippen molar-refractivity contribution < 1.29 is 32.3 Å². The summed E-state index contributed by atoms with van der Waals surface area (Å²) in [5.41, 5.74) is 1.62. The summed E-state index contributed by atoms with van der Waals surface area (Å²) in [6.07, 6.45) is -4.28. The average Bonchev–Trinajstić information content (AvgIpc) is 2.94. The predicted octanol–water partition coefficient (Wildman–Crippen LogP) is 8.02. The van der Waals surface area contributed by atoms with Crippen LogP contribution in [0.5, 0.6) is 0 Å². The number of nitrogens with one attached hydrogen (secondary N) is 2. The first-order chi connectivity index (χ1) is 22.1. The van der Waals surface area contributed by atoms with E-state index >= 15 is 0 Å². The Morgan fingerprint density at radius 1 is 0.723 bits per heavy atom. The van der Waals surface area contributed by atoms with Gasteiger partial charge in [-0.1, -0.05) is 35.3 Å². The lowest BCUT2D eigenvalue weighted by atomic mass is 9.98. The Balaban J connectivity index is 0.000000248. The summed E-state index contributed by atoms with van der Waals surface area (Å²) in [6, 6.07) is 13.3. The third-order valence-corrected chi connectivity index (χ3v) is 10.3. The van der Waals surface area contributed by atoms with Crippen molar-refractivity contribution in [3.05, 3.63) is 110 Å². The van der Waals surface area contributed by atoms with Crippen LogP contribution in [0.2, 0.25) is 10.0 Å². The van der Waals surface area contributed by atoms with Gasteiger partial charge in [0.1, 0.15) is 0 Å². The second kappa shape index (κ2) is 15.8. The number of Topliss-reactive ketones (excluding diaryl/α,β-unsaturated/α-hetero) is 1. The molecular formula is C34H31Cl2F3N2O4S2. The first-order valence-electron chi connectivity index (χ1n) is 14.4. The van der Waals surface area contributed by atoms with E-state index in [4.69, 9.17) is 23.2 Å². The van der Waals surface area contributed by atoms with Crippen molar-refractivity contribution in [1.29, 1.82) is 0 Å². The number of hydrogen-bond donors (Lipinski definition) is 2. The van der Waals surface area contributed by atoms with Gasteiger partial charge >= 0.3 is 6.18 Å². The number of carbonyl (C=O) groups is 4. The molecule has 0 aromatic heterocycles. The van der Waals surface area contributed by atoms with Crippen molar-refractivity contribution in [3.8, 4) is 0 Å². The van der Waals surface area contributed by atoms with Crippen LogP contribution in [0.25, 0.3) is 5.57 Å². The lowest BCUT2D eigenvalue weighted by Gasteiger charge is -2.26. The molecular weight excluding hydrogens is 692 g/mol. The van der Waals surface area contributed by atoms with Gasteiger partial charge in [0.25, 0.3) is 11.8 Å². The number of rotatable bonds is 8. The molecule has 5 rings (SSSR count). The van der Waals surface area contributed by atoms with Gasteiger partial charge in [-0.3, -0.25) is 19.2 Å². The van der Waals surface area contributed by atoms with Crippen molar-refractivity contribution in [3.63, 3.8) is 0 Å². The normalized spacial score (nSPS) is 15.0. The number of thioether (sulfide) groups is 2. The minimum Gasteiger partial charge on any atom is -0.348 e. The van der Waals surface area contributed by atoms with E-state index < -0.39 is 17.5 Å². The van der Waals surface area contributed by atoms with Crippen LogP contribution in [0.4, 0.5) is 13.2 Å². The summed E-state index contributed by atoms with van der Waals surface area (Å²) < 4.78 is 40.8. The molecule has 2 fully saturated rings. The molecule has 0 saturated carbocycles. The number of allylic oxidation sites excluding steroid dienone is 2. The molecule has 0 radical (unpaired) electrons. The zero-order valence-electron chi connectivity index (χ0n) is 25.6. The van der Waals surface area contributed by atoms with E-state index in [1.165, 1.54) is 31.2 Å². The Hall–Kier alpha value is -3.25. The number of benzene rings is 3. The fraction of sp³-hybridized carbons (Fsp3) is 0.294. The van der Waals surface area contributed by atoms with Crippen molar-refractivity contribution in [2.75, 3.05) is 23.0 Å². The molecule has 2 saturated heterocycles. The van der Waals surface area contributed by atoms with E-state index in [1.807, 2.05) is 18.7 Å². The maximum absolute atomic E-state index is 13.6. The standard InChI is InChI=1S/C21H16Cl2F3NO2S.C13H15NO2S/c1-11-4-12(2-3-17(11)20(29)27-16-9-30-10-16)19(28)8-18(21(24,25)26)13-5-14(22)7-15(23)6-13;1-8-5-10(9(2)15)3-4-12(8)13(16)14-11-6-17-7-11/h2-8,16H,9-10H2,1H3,(H,27,29);3-5,11H,6-7H2,1-2H3,(H,14,16)/b18-8+;. The van der Waals surface area contributed by atoms with Crippen LogP contribution < -0.4 is 10.6 Å². The van der Waals surface area contributed by atoms with Crippen LogP contribution in [0, 0.1) is 13.8 Å². The fourth-order valence-corrected chi connectivity index (χ4v) is 6.43. The molecule has 3 aromatic carbocycles. The Bertz CT molecular complexity index is 1720. The number of halogens is 5. The fourth-order valence-electron chi connectivity index (χ4n) is 4.63. The topological polar surface area (TPSA) is 92.3 Å². The molecule has 3 aromatic rings. The maximum Gasteiger partial charge on any atom is 0.417 e. The number of aryl methyl sites for hydroxylation is 2. The Morgan fingerprint density at radius 2 is 1.17 bits per heavy atom. The van der Waals surface area contributed by atoms with Crippen LogP contribution in [0.3, 0.4) is 0 Å². The molecule has 0 atom stereocenters. The summed E-state index contributed by atoms with van der Waals surface area (Å²) in [7, 11) is 0. The number of carbonyl (C=O) groups excluding carboxylic acids is 4. The molecule has 2 heterocycles. The van der Waals surface area contributed by atoms with Crippen molar-refractivity contribution in [2.24, 2.45) is 0 Å². The molecule has 47 heavy (non-hydrogen) atoms. The molecule has 13 heteroatoms. The quantitative estimate of drug-likeness (QED) is 0.181. The van der Waals surface area contributed by atoms with Gasteiger partial charge in [0.05, 0.1) is 5.57 Å². The SMILES string of the molecule is CC(=O)c1ccc(C(=O)NC2CSC2)c(C)c1.Cc1cc(C(=O)/C=C(\c2cc(Cl)cc(Cl)c2)C(F)(F)F)ccc1C(=O)NC1CSC1. The number of amides is 2. The summed E-state index contributed by atoms with van der Waals surface area (Å²) in [6.45, 7) is 5.02. The summed E-state index contributed by atoms with van der Waals surface area (Å²) in [4.78, 5) is 48.0. The van der Waals surface area contributed by atoms with Crippen LogP contribution >= 0.6 is 46.7 Å². The molecule has 0 aliphatic carbocycles. The maximum atomic E-state index is 13.6. The molecule has 0 spiro atoms. The number of ketones is 2. The highest BCUT2D eigenvalue weighted by molar-refractivity contribution is 8.01. The predicted molar refractivity (Wildman–Crippen MR) is 184 cm³/mol. The molecule has 0 unspecified atom stereocenters. The van der Waals surface area contributed by atoms with Gasteiger partial charge in [-0.05, 0) is 86.0 Å². The van der Waals surface area contributed by atoms with Gasteiger partial charge in [0.15, 0.2) is 11.6 Å². The van der Waals surface area contributed by atoms with Gasteiger partial charge in [-0.2, -0.15) is 36.7 Å². The van der Waals surface area contributed by atoms with Crippen LogP contribution in [0.15, 0.2) is 60.7 Å². The molecule has 248 valence electrons. The van der Waals surface area contributed by atoms with Crippen molar-refractivity contribution >= 4 is 75.7 Å². The van der Waals surface area contributed by atoms with Crippen molar-refractivity contribution in [1.82, 2.24) is 10.6 Å². The molecule has 2 amide bonds. The van der Waals surface area contributed by atoms with Crippen molar-refractivity contribution in [2.45, 2.75) is 39.0 Å². The Morgan fingerprint density at radius 3 is 1.55 bits per heavy atom. The van der Waals surface area contributed by atoms with E-state index in [1.54, 1.807) is 36.9 Å². The third-order valence-electron chi connectivity index (χ3n) is 7.33. The molecule has 2 aliphatic rings. The molecule has 2 N–H and O–H groups in total. The van der Waals surface area contributed by atoms with Gasteiger partial charge in [-0.15, -0.1) is 0 Å². The van der Waals surface area contributed by atoms with Gasteiger partial charge < -0.3 is 10.6 Å². The minimum absolute atomic E-state index is 0.0236. The number of hydrogen-bond acceptors (Lipinski definition) is 6. The second-order valence-corrected chi connectivity index (χ2v) is 14.1. The molecule has 6 nitrogen and oxygen atoms in total. The van der Waals surface area contributed by atoms with E-state index in [0.29, 0.717) is 34.4 Å². The minimum atomic E-state index is -4.79. The lowest BCUT2D eigenvalue weighted by Crippen LogP contribution is -2.44. The van der Waals surface area contributed by atoms with Gasteiger partial charge in [-0.25, -0.2) is 0 Å². The summed E-state index contributed by atoms with van der Waals surface area (Å²) >= 11 is 15.2. The van der Waals surface area contributed by atoms with E-state index in [0.717, 1.165) is 40.7 Å². The number of alkyl halides is 3. The van der Waals surface area contributed by atoms with Crippen LogP contribution in [-0.2, 0) is 0 Å². The highest BCUT2D eigenvalue weighted by Crippen LogP contribution is 2.36. The largest absolute Gasteiger partial charge is 0.417 e. The smallest absolute Gasteiger partial charge is 0.348 e. The van der Waals surface area contributed by atoms with E-state index in [-0.39, 0.29) is 44.8 Å². The Kier molecular flexibility index (Phi) is 12.3. The lowest BCUT2D eigenvalue weighted by molar-refractivity contribution is -0.0689. The monoisotopic (exact) mass is 722 g/mol. The average molecular weight is 724 g/mol. The van der Waals surface area contributed by atoms with Gasteiger partial charge in [0.2, 0.25) is 0 Å². The van der Waals surface area contributed by atoms with E-state index in [9.17, 15) is 32.3 Å². The summed E-state index contributed by atoms with van der Waals surface area (Å²) in [5, 5.41) is 5.90. The highest BCUT2D eigenvalue weighted by atomic mass is 35.5. The van der Waals surface area contributed by atoms with E-state index in [2.05, 4.69) is 10.6 Å². The molecule has 0 bridgehead atoms. The third kappa shape index (κ3) is 9.88. The van der Waals surface area contributed by atoms with Gasteiger partial charge in [0, 0.05) is 67.4 Å². The summed E-state index contributed by atoms with van der Waals surface area (Å²) in [5.74, 6) is 2.56. The second-order valence-electron chi connectivity index (χ2n) is 11.1. The molecule has 2 aliphatic heterocycles. The zero-order valence-corrected chi connectivity index (χ0v) is 28.7. The van der Waals surface area contributed by atoms with Crippen LogP contribution in [-0.4, -0.2) is 64.7 Å². The first kappa shape index (κ1) is 36.6. The zero-order chi connectivity index (χ0) is 34.5. The Labute approximate surface area is 289 Å².